The summed E-state index contributed by atoms with van der Waals surface area (Å²) in [5.41, 5.74) is 2.85. The smallest absolute Gasteiger partial charge is 0.338 e. The molecule has 1 aromatic carbocycles. The lowest BCUT2D eigenvalue weighted by atomic mass is 10.0. The van der Waals surface area contributed by atoms with E-state index in [-0.39, 0.29) is 5.56 Å². The molecule has 3 rings (SSSR count). The van der Waals surface area contributed by atoms with Crippen LogP contribution in [0.5, 0.6) is 0 Å². The summed E-state index contributed by atoms with van der Waals surface area (Å²) >= 11 is 0. The first-order valence-electron chi connectivity index (χ1n) is 6.70. The highest BCUT2D eigenvalue weighted by atomic mass is 19.1. The molecule has 1 aliphatic rings. The predicted octanol–water partition coefficient (Wildman–Crippen LogP) is 2.65. The highest BCUT2D eigenvalue weighted by Gasteiger charge is 2.16. The van der Waals surface area contributed by atoms with Crippen LogP contribution in [0.4, 0.5) is 4.39 Å². The van der Waals surface area contributed by atoms with Crippen LogP contribution in [0.15, 0.2) is 24.5 Å². The maximum atomic E-state index is 13.4. The van der Waals surface area contributed by atoms with Crippen LogP contribution in [0.2, 0.25) is 0 Å². The second kappa shape index (κ2) is 5.07. The monoisotopic (exact) mass is 274 g/mol. The van der Waals surface area contributed by atoms with Gasteiger partial charge in [0.2, 0.25) is 0 Å². The molecule has 0 bridgehead atoms. The number of aryl methyl sites for hydroxylation is 1. The Morgan fingerprint density at radius 3 is 2.95 bits per heavy atom. The molecule has 1 aliphatic carbocycles. The number of halogens is 1. The molecule has 5 heteroatoms. The molecule has 0 aliphatic heterocycles. The summed E-state index contributed by atoms with van der Waals surface area (Å²) in [7, 11) is 0. The van der Waals surface area contributed by atoms with Gasteiger partial charge in [-0.15, -0.1) is 0 Å². The zero-order valence-electron chi connectivity index (χ0n) is 11.0. The van der Waals surface area contributed by atoms with E-state index >= 15 is 0 Å². The normalized spacial score (nSPS) is 14.1. The lowest BCUT2D eigenvalue weighted by molar-refractivity contribution is 0.0691. The number of hydrogen-bond acceptors (Lipinski definition) is 2. The van der Waals surface area contributed by atoms with Crippen molar-refractivity contribution in [2.45, 2.75) is 32.2 Å². The Balaban J connectivity index is 1.90. The lowest BCUT2D eigenvalue weighted by Gasteiger charge is -2.14. The van der Waals surface area contributed by atoms with Gasteiger partial charge in [0.15, 0.2) is 0 Å². The van der Waals surface area contributed by atoms with E-state index in [1.165, 1.54) is 24.2 Å². The van der Waals surface area contributed by atoms with Crippen molar-refractivity contribution in [2.24, 2.45) is 0 Å². The van der Waals surface area contributed by atoms with E-state index < -0.39 is 11.8 Å². The first kappa shape index (κ1) is 12.8. The van der Waals surface area contributed by atoms with Gasteiger partial charge in [0, 0.05) is 12.2 Å². The van der Waals surface area contributed by atoms with E-state index in [0.717, 1.165) is 30.5 Å². The van der Waals surface area contributed by atoms with Gasteiger partial charge in [0.25, 0.3) is 0 Å². The number of carboxylic acid groups (broad SMARTS) is 1. The maximum Gasteiger partial charge on any atom is 0.338 e. The van der Waals surface area contributed by atoms with Gasteiger partial charge >= 0.3 is 5.97 Å². The van der Waals surface area contributed by atoms with Crippen molar-refractivity contribution in [3.05, 3.63) is 52.9 Å². The molecule has 0 atom stereocenters. The molecule has 1 aromatic heterocycles. The summed E-state index contributed by atoms with van der Waals surface area (Å²) in [5, 5.41) is 8.95. The summed E-state index contributed by atoms with van der Waals surface area (Å²) in [6.45, 7) is 0.531. The van der Waals surface area contributed by atoms with Crippen LogP contribution in [0.3, 0.4) is 0 Å². The fourth-order valence-electron chi connectivity index (χ4n) is 2.70. The van der Waals surface area contributed by atoms with E-state index in [1.807, 2.05) is 4.57 Å². The Hall–Kier alpha value is -2.17. The number of imidazole rings is 1. The molecule has 20 heavy (non-hydrogen) atoms. The number of aromatic carboxylic acids is 1. The molecule has 0 saturated heterocycles. The zero-order valence-corrected chi connectivity index (χ0v) is 11.0. The van der Waals surface area contributed by atoms with Crippen molar-refractivity contribution in [3.63, 3.8) is 0 Å². The number of nitrogens with zero attached hydrogens (tertiary/aromatic N) is 2. The third-order valence-corrected chi connectivity index (χ3v) is 3.72. The highest BCUT2D eigenvalue weighted by Crippen LogP contribution is 2.21. The molecule has 0 unspecified atom stereocenters. The molecule has 0 saturated carbocycles. The summed E-state index contributed by atoms with van der Waals surface area (Å²) in [5.74, 6) is -1.94. The van der Waals surface area contributed by atoms with Crippen molar-refractivity contribution >= 4 is 5.97 Å². The van der Waals surface area contributed by atoms with Gasteiger partial charge in [-0.3, -0.25) is 0 Å². The van der Waals surface area contributed by atoms with E-state index in [2.05, 4.69) is 4.98 Å². The average Bonchev–Trinajstić information content (AvgIpc) is 2.84. The van der Waals surface area contributed by atoms with Gasteiger partial charge in [-0.05, 0) is 43.4 Å². The van der Waals surface area contributed by atoms with Crippen LogP contribution in [0.1, 0.15) is 40.2 Å². The van der Waals surface area contributed by atoms with Crippen LogP contribution in [0.25, 0.3) is 0 Å². The van der Waals surface area contributed by atoms with Crippen molar-refractivity contribution in [1.29, 1.82) is 0 Å². The fraction of sp³-hybridized carbons (Fsp3) is 0.333. The Bertz CT molecular complexity index is 664. The Morgan fingerprint density at radius 1 is 1.35 bits per heavy atom. The Labute approximate surface area is 115 Å². The number of rotatable bonds is 3. The highest BCUT2D eigenvalue weighted by molar-refractivity contribution is 5.88. The number of aromatic nitrogens is 2. The van der Waals surface area contributed by atoms with Crippen molar-refractivity contribution < 1.29 is 14.3 Å². The maximum absolute atomic E-state index is 13.4. The van der Waals surface area contributed by atoms with Gasteiger partial charge in [0.1, 0.15) is 5.82 Å². The number of carboxylic acids is 1. The molecule has 104 valence electrons. The molecule has 1 heterocycles. The third-order valence-electron chi connectivity index (χ3n) is 3.72. The Kier molecular flexibility index (Phi) is 3.26. The first-order valence-corrected chi connectivity index (χ1v) is 6.70. The number of hydrogen-bond donors (Lipinski definition) is 1. The van der Waals surface area contributed by atoms with Crippen LogP contribution < -0.4 is 0 Å². The van der Waals surface area contributed by atoms with Crippen molar-refractivity contribution in [2.75, 3.05) is 0 Å². The molecular formula is C15H15FN2O2. The minimum absolute atomic E-state index is 0.281. The number of fused-ring (bicyclic) bond motifs is 1. The standard InChI is InChI=1S/C15H15FN2O2/c16-12-6-5-10(7-11(12)15(19)20)8-18-9-17-13-3-1-2-4-14(13)18/h5-7,9H,1-4,8H2,(H,19,20). The second-order valence-corrected chi connectivity index (χ2v) is 5.09. The van der Waals surface area contributed by atoms with Crippen molar-refractivity contribution in [3.8, 4) is 0 Å². The summed E-state index contributed by atoms with van der Waals surface area (Å²) in [6, 6.07) is 4.23. The predicted molar refractivity (Wildman–Crippen MR) is 71.3 cm³/mol. The van der Waals surface area contributed by atoms with Gasteiger partial charge in [-0.1, -0.05) is 6.07 Å². The number of benzene rings is 1. The molecular weight excluding hydrogens is 259 g/mol. The van der Waals surface area contributed by atoms with E-state index in [4.69, 9.17) is 5.11 Å². The first-order chi connectivity index (χ1) is 9.65. The van der Waals surface area contributed by atoms with Crippen LogP contribution in [0, 0.1) is 5.82 Å². The minimum atomic E-state index is -1.24. The van der Waals surface area contributed by atoms with Gasteiger partial charge < -0.3 is 9.67 Å². The Morgan fingerprint density at radius 2 is 2.15 bits per heavy atom. The van der Waals surface area contributed by atoms with Crippen LogP contribution >= 0.6 is 0 Å². The lowest BCUT2D eigenvalue weighted by Crippen LogP contribution is -2.10. The van der Waals surface area contributed by atoms with Crippen LogP contribution in [-0.4, -0.2) is 20.6 Å². The largest absolute Gasteiger partial charge is 0.478 e. The third kappa shape index (κ3) is 2.31. The topological polar surface area (TPSA) is 55.1 Å². The summed E-state index contributed by atoms with van der Waals surface area (Å²) in [4.78, 5) is 15.4. The summed E-state index contributed by atoms with van der Waals surface area (Å²) < 4.78 is 15.4. The number of carbonyl (C=O) groups is 1. The summed E-state index contributed by atoms with van der Waals surface area (Å²) in [6.07, 6.45) is 6.13. The molecule has 0 fully saturated rings. The average molecular weight is 274 g/mol. The van der Waals surface area contributed by atoms with Crippen molar-refractivity contribution in [1.82, 2.24) is 9.55 Å². The minimum Gasteiger partial charge on any atom is -0.478 e. The molecule has 4 nitrogen and oxygen atoms in total. The van der Waals surface area contributed by atoms with Crippen LogP contribution in [-0.2, 0) is 19.4 Å². The van der Waals surface area contributed by atoms with E-state index in [9.17, 15) is 9.18 Å². The molecule has 0 amide bonds. The zero-order chi connectivity index (χ0) is 14.1. The molecule has 1 N–H and O–H groups in total. The molecule has 2 aromatic rings. The van der Waals surface area contributed by atoms with Gasteiger partial charge in [-0.25, -0.2) is 14.2 Å². The van der Waals surface area contributed by atoms with E-state index in [1.54, 1.807) is 12.4 Å². The van der Waals surface area contributed by atoms with Gasteiger partial charge in [-0.2, -0.15) is 0 Å². The van der Waals surface area contributed by atoms with Gasteiger partial charge in [0.05, 0.1) is 17.6 Å². The van der Waals surface area contributed by atoms with E-state index in [0.29, 0.717) is 6.54 Å². The fourth-order valence-corrected chi connectivity index (χ4v) is 2.70. The second-order valence-electron chi connectivity index (χ2n) is 5.09. The molecule has 0 radical (unpaired) electrons. The molecule has 0 spiro atoms. The quantitative estimate of drug-likeness (QED) is 0.936. The SMILES string of the molecule is O=C(O)c1cc(Cn2cnc3c2CCCC3)ccc1F.